The fourth-order valence-electron chi connectivity index (χ4n) is 2.14. The van der Waals surface area contributed by atoms with Crippen molar-refractivity contribution >= 4 is 17.2 Å². The Balaban J connectivity index is 2.27. The number of aromatic nitrogens is 2. The van der Waals surface area contributed by atoms with Gasteiger partial charge in [0.25, 0.3) is 0 Å². The number of nitrogens with one attached hydrogen (secondary N) is 1. The van der Waals surface area contributed by atoms with Gasteiger partial charge in [-0.05, 0) is 31.0 Å². The Hall–Kier alpha value is -2.01. The smallest absolute Gasteiger partial charge is 0.152 e. The molecular formula is C15H22N4O. The fourth-order valence-corrected chi connectivity index (χ4v) is 2.14. The molecule has 5 nitrogen and oxygen atoms in total. The molecule has 20 heavy (non-hydrogen) atoms. The summed E-state index contributed by atoms with van der Waals surface area (Å²) in [5.41, 5.74) is 9.78. The van der Waals surface area contributed by atoms with Gasteiger partial charge >= 0.3 is 0 Å². The summed E-state index contributed by atoms with van der Waals surface area (Å²) < 4.78 is 7.08. The van der Waals surface area contributed by atoms with Crippen LogP contribution in [-0.2, 0) is 17.9 Å². The Labute approximate surface area is 119 Å². The third kappa shape index (κ3) is 3.11. The Kier molecular flexibility index (Phi) is 4.63. The van der Waals surface area contributed by atoms with Crippen molar-refractivity contribution in [1.29, 1.82) is 0 Å². The van der Waals surface area contributed by atoms with E-state index in [1.54, 1.807) is 7.11 Å². The summed E-state index contributed by atoms with van der Waals surface area (Å²) in [6.45, 7) is 5.49. The molecule has 0 amide bonds. The average molecular weight is 274 g/mol. The number of methoxy groups -OCH3 is 1. The maximum Gasteiger partial charge on any atom is 0.152 e. The maximum absolute atomic E-state index is 6.11. The zero-order valence-electron chi connectivity index (χ0n) is 12.3. The van der Waals surface area contributed by atoms with E-state index in [1.165, 1.54) is 0 Å². The lowest BCUT2D eigenvalue weighted by Gasteiger charge is -2.11. The molecule has 1 aromatic heterocycles. The number of nitrogens with two attached hydrogens (primary N) is 1. The number of rotatable bonds is 6. The molecule has 0 saturated heterocycles. The Morgan fingerprint density at radius 2 is 2.20 bits per heavy atom. The number of hydrogen-bond acceptors (Lipinski definition) is 4. The first-order valence-electron chi connectivity index (χ1n) is 6.83. The van der Waals surface area contributed by atoms with Gasteiger partial charge in [0.1, 0.15) is 0 Å². The van der Waals surface area contributed by atoms with E-state index in [1.807, 2.05) is 29.8 Å². The van der Waals surface area contributed by atoms with Crippen LogP contribution in [-0.4, -0.2) is 16.9 Å². The van der Waals surface area contributed by atoms with Crippen molar-refractivity contribution in [3.05, 3.63) is 35.5 Å². The molecule has 0 fully saturated rings. The molecule has 0 spiro atoms. The van der Waals surface area contributed by atoms with Crippen molar-refractivity contribution in [1.82, 2.24) is 9.78 Å². The first-order valence-corrected chi connectivity index (χ1v) is 6.83. The van der Waals surface area contributed by atoms with Crippen molar-refractivity contribution in [2.24, 2.45) is 0 Å². The summed E-state index contributed by atoms with van der Waals surface area (Å²) in [4.78, 5) is 0. The molecule has 0 aliphatic carbocycles. The monoisotopic (exact) mass is 274 g/mol. The number of nitrogens with zero attached hydrogens (tertiary/aromatic N) is 2. The molecule has 0 unspecified atom stereocenters. The van der Waals surface area contributed by atoms with Crippen molar-refractivity contribution in [3.8, 4) is 0 Å². The van der Waals surface area contributed by atoms with E-state index in [2.05, 4.69) is 23.4 Å². The Bertz CT molecular complexity index is 577. The summed E-state index contributed by atoms with van der Waals surface area (Å²) in [6.07, 6.45) is 1.01. The second-order valence-corrected chi connectivity index (χ2v) is 4.83. The van der Waals surface area contributed by atoms with Gasteiger partial charge < -0.3 is 15.8 Å². The topological polar surface area (TPSA) is 65.1 Å². The largest absolute Gasteiger partial charge is 0.394 e. The molecule has 0 bridgehead atoms. The second-order valence-electron chi connectivity index (χ2n) is 4.83. The average Bonchev–Trinajstić information content (AvgIpc) is 2.68. The van der Waals surface area contributed by atoms with Crippen LogP contribution in [0, 0.1) is 6.92 Å². The normalized spacial score (nSPS) is 10.8. The van der Waals surface area contributed by atoms with Gasteiger partial charge in [0.05, 0.1) is 18.0 Å². The van der Waals surface area contributed by atoms with Crippen LogP contribution in [0.25, 0.3) is 0 Å². The van der Waals surface area contributed by atoms with Crippen molar-refractivity contribution in [2.75, 3.05) is 18.2 Å². The predicted molar refractivity (Wildman–Crippen MR) is 82.1 cm³/mol. The maximum atomic E-state index is 6.11. The van der Waals surface area contributed by atoms with E-state index in [0.29, 0.717) is 12.3 Å². The lowest BCUT2D eigenvalue weighted by Crippen LogP contribution is -2.06. The van der Waals surface area contributed by atoms with Crippen LogP contribution in [0.15, 0.2) is 24.3 Å². The standard InChI is InChI=1S/C15H22N4O/c1-4-8-19-15(14(16)11(2)18-19)17-13-7-5-6-12(9-13)10-20-3/h5-7,9,17H,4,8,10,16H2,1-3H3. The third-order valence-corrected chi connectivity index (χ3v) is 3.11. The first kappa shape index (κ1) is 14.4. The quantitative estimate of drug-likeness (QED) is 0.849. The third-order valence-electron chi connectivity index (χ3n) is 3.11. The Morgan fingerprint density at radius 1 is 1.40 bits per heavy atom. The lowest BCUT2D eigenvalue weighted by molar-refractivity contribution is 0.185. The minimum atomic E-state index is 0.595. The van der Waals surface area contributed by atoms with Gasteiger partial charge in [0.2, 0.25) is 0 Å². The van der Waals surface area contributed by atoms with Gasteiger partial charge in [-0.3, -0.25) is 0 Å². The molecule has 2 aromatic rings. The summed E-state index contributed by atoms with van der Waals surface area (Å²) in [5.74, 6) is 0.860. The van der Waals surface area contributed by atoms with Crippen LogP contribution in [0.1, 0.15) is 24.6 Å². The number of benzene rings is 1. The van der Waals surface area contributed by atoms with Gasteiger partial charge in [0, 0.05) is 19.3 Å². The molecule has 5 heteroatoms. The number of ether oxygens (including phenoxy) is 1. The van der Waals surface area contributed by atoms with Crippen LogP contribution in [0.4, 0.5) is 17.2 Å². The number of aryl methyl sites for hydroxylation is 2. The summed E-state index contributed by atoms with van der Waals surface area (Å²) in [7, 11) is 1.69. The summed E-state index contributed by atoms with van der Waals surface area (Å²) in [5, 5.41) is 7.82. The highest BCUT2D eigenvalue weighted by atomic mass is 16.5. The molecule has 108 valence electrons. The lowest BCUT2D eigenvalue weighted by atomic mass is 10.2. The zero-order valence-corrected chi connectivity index (χ0v) is 12.3. The molecule has 3 N–H and O–H groups in total. The zero-order chi connectivity index (χ0) is 14.5. The van der Waals surface area contributed by atoms with Gasteiger partial charge in [0.15, 0.2) is 5.82 Å². The molecule has 0 radical (unpaired) electrons. The molecule has 0 saturated carbocycles. The van der Waals surface area contributed by atoms with E-state index in [-0.39, 0.29) is 0 Å². The van der Waals surface area contributed by atoms with Crippen LogP contribution in [0.2, 0.25) is 0 Å². The molecule has 1 aromatic carbocycles. The highest BCUT2D eigenvalue weighted by Crippen LogP contribution is 2.26. The van der Waals surface area contributed by atoms with Crippen LogP contribution < -0.4 is 11.1 Å². The molecule has 0 atom stereocenters. The SMILES string of the molecule is CCCn1nc(C)c(N)c1Nc1cccc(COC)c1. The second kappa shape index (κ2) is 6.43. The van der Waals surface area contributed by atoms with Gasteiger partial charge in [-0.2, -0.15) is 5.10 Å². The van der Waals surface area contributed by atoms with Crippen LogP contribution in [0.3, 0.4) is 0 Å². The molecular weight excluding hydrogens is 252 g/mol. The highest BCUT2D eigenvalue weighted by molar-refractivity contribution is 5.71. The summed E-state index contributed by atoms with van der Waals surface area (Å²) >= 11 is 0. The first-order chi connectivity index (χ1) is 9.65. The van der Waals surface area contributed by atoms with E-state index in [9.17, 15) is 0 Å². The van der Waals surface area contributed by atoms with Gasteiger partial charge in [-0.25, -0.2) is 4.68 Å². The highest BCUT2D eigenvalue weighted by Gasteiger charge is 2.12. The van der Waals surface area contributed by atoms with E-state index in [0.717, 1.165) is 35.7 Å². The van der Waals surface area contributed by atoms with Gasteiger partial charge in [-0.15, -0.1) is 0 Å². The van der Waals surface area contributed by atoms with Gasteiger partial charge in [-0.1, -0.05) is 19.1 Å². The van der Waals surface area contributed by atoms with E-state index in [4.69, 9.17) is 10.5 Å². The molecule has 1 heterocycles. The van der Waals surface area contributed by atoms with Crippen molar-refractivity contribution in [2.45, 2.75) is 33.4 Å². The van der Waals surface area contributed by atoms with Crippen LogP contribution in [0.5, 0.6) is 0 Å². The predicted octanol–water partition coefficient (Wildman–Crippen LogP) is 3.07. The number of anilines is 3. The van der Waals surface area contributed by atoms with Crippen LogP contribution >= 0.6 is 0 Å². The molecule has 0 aliphatic rings. The summed E-state index contributed by atoms with van der Waals surface area (Å²) in [6, 6.07) is 8.10. The van der Waals surface area contributed by atoms with Crippen molar-refractivity contribution in [3.63, 3.8) is 0 Å². The van der Waals surface area contributed by atoms with Crippen molar-refractivity contribution < 1.29 is 4.74 Å². The minimum absolute atomic E-state index is 0.595. The number of nitrogen functional groups attached to an aromatic ring is 1. The van der Waals surface area contributed by atoms with E-state index < -0.39 is 0 Å². The fraction of sp³-hybridized carbons (Fsp3) is 0.400. The minimum Gasteiger partial charge on any atom is -0.394 e. The Morgan fingerprint density at radius 3 is 2.90 bits per heavy atom. The van der Waals surface area contributed by atoms with E-state index >= 15 is 0 Å². The molecule has 0 aliphatic heterocycles. The molecule has 2 rings (SSSR count). The number of hydrogen-bond donors (Lipinski definition) is 2.